The van der Waals surface area contributed by atoms with Crippen LogP contribution in [0.1, 0.15) is 32.1 Å². The summed E-state index contributed by atoms with van der Waals surface area (Å²) in [5.74, 6) is -1.70. The van der Waals surface area contributed by atoms with E-state index in [0.717, 1.165) is 4.88 Å². The quantitative estimate of drug-likeness (QED) is 0.793. The van der Waals surface area contributed by atoms with E-state index in [0.29, 0.717) is 6.42 Å². The summed E-state index contributed by atoms with van der Waals surface area (Å²) in [6.45, 7) is 6.12. The van der Waals surface area contributed by atoms with E-state index >= 15 is 0 Å². The van der Waals surface area contributed by atoms with E-state index in [9.17, 15) is 9.59 Å². The summed E-state index contributed by atoms with van der Waals surface area (Å²) in [7, 11) is 0. The molecule has 0 aliphatic carbocycles. The Labute approximate surface area is 123 Å². The monoisotopic (exact) mass is 295 g/mol. The predicted molar refractivity (Wildman–Crippen MR) is 81.6 cm³/mol. The second-order valence-electron chi connectivity index (χ2n) is 5.89. The van der Waals surface area contributed by atoms with Gasteiger partial charge in [-0.1, -0.05) is 26.8 Å². The van der Waals surface area contributed by atoms with Gasteiger partial charge in [0.25, 0.3) is 0 Å². The minimum Gasteiger partial charge on any atom is -0.481 e. The van der Waals surface area contributed by atoms with Crippen LogP contribution in [0.3, 0.4) is 0 Å². The third-order valence-corrected chi connectivity index (χ3v) is 3.51. The van der Waals surface area contributed by atoms with Gasteiger partial charge in [-0.3, -0.25) is 9.59 Å². The number of carbonyl (C=O) groups is 2. The number of carboxylic acid groups (broad SMARTS) is 1. The Morgan fingerprint density at radius 2 is 2.15 bits per heavy atom. The summed E-state index contributed by atoms with van der Waals surface area (Å²) in [6.07, 6.45) is 3.68. The van der Waals surface area contributed by atoms with Gasteiger partial charge in [0.05, 0.1) is 5.92 Å². The van der Waals surface area contributed by atoms with Crippen molar-refractivity contribution in [3.8, 4) is 0 Å². The molecular weight excluding hydrogens is 274 g/mol. The molecule has 0 aliphatic rings. The average Bonchev–Trinajstić information content (AvgIpc) is 2.83. The number of carbonyl (C=O) groups excluding carboxylic acids is 1. The van der Waals surface area contributed by atoms with Crippen LogP contribution in [0, 0.1) is 11.3 Å². The minimum atomic E-state index is -0.873. The van der Waals surface area contributed by atoms with Crippen LogP contribution in [-0.4, -0.2) is 23.5 Å². The molecule has 0 aliphatic heterocycles. The summed E-state index contributed by atoms with van der Waals surface area (Å²) in [5.41, 5.74) is -0.0827. The second kappa shape index (κ2) is 7.24. The molecule has 0 aromatic carbocycles. The molecule has 0 spiro atoms. The molecule has 4 nitrogen and oxygen atoms in total. The van der Waals surface area contributed by atoms with E-state index in [2.05, 4.69) is 5.32 Å². The minimum absolute atomic E-state index is 0.0827. The van der Waals surface area contributed by atoms with Crippen LogP contribution in [0.15, 0.2) is 23.6 Å². The fourth-order valence-corrected chi connectivity index (χ4v) is 2.43. The van der Waals surface area contributed by atoms with Crippen molar-refractivity contribution < 1.29 is 14.7 Å². The van der Waals surface area contributed by atoms with Crippen LogP contribution in [0.4, 0.5) is 0 Å². The van der Waals surface area contributed by atoms with Gasteiger partial charge in [0.1, 0.15) is 0 Å². The Kier molecular flexibility index (Phi) is 5.95. The third-order valence-electron chi connectivity index (χ3n) is 2.67. The molecule has 1 unspecified atom stereocenters. The number of rotatable bonds is 6. The van der Waals surface area contributed by atoms with Crippen molar-refractivity contribution in [3.05, 3.63) is 28.5 Å². The van der Waals surface area contributed by atoms with Gasteiger partial charge >= 0.3 is 5.97 Å². The van der Waals surface area contributed by atoms with Crippen LogP contribution in [0.5, 0.6) is 0 Å². The number of hydrogen-bond donors (Lipinski definition) is 2. The maximum atomic E-state index is 11.6. The lowest BCUT2D eigenvalue weighted by Gasteiger charge is -2.23. The second-order valence-corrected chi connectivity index (χ2v) is 6.87. The Morgan fingerprint density at radius 3 is 2.65 bits per heavy atom. The summed E-state index contributed by atoms with van der Waals surface area (Å²) >= 11 is 1.54. The van der Waals surface area contributed by atoms with Gasteiger partial charge in [-0.05, 0) is 29.4 Å². The molecule has 1 aromatic rings. The molecule has 20 heavy (non-hydrogen) atoms. The van der Waals surface area contributed by atoms with Crippen LogP contribution in [0.25, 0.3) is 6.08 Å². The summed E-state index contributed by atoms with van der Waals surface area (Å²) < 4.78 is 0. The summed E-state index contributed by atoms with van der Waals surface area (Å²) in [4.78, 5) is 23.8. The fourth-order valence-electron chi connectivity index (χ4n) is 1.81. The number of amides is 1. The Bertz CT molecular complexity index is 472. The molecule has 1 amide bonds. The first kappa shape index (κ1) is 16.4. The van der Waals surface area contributed by atoms with E-state index in [1.807, 2.05) is 38.3 Å². The largest absolute Gasteiger partial charge is 0.481 e. The normalized spacial score (nSPS) is 13.3. The lowest BCUT2D eigenvalue weighted by atomic mass is 9.84. The number of thiophene rings is 1. The maximum absolute atomic E-state index is 11.6. The maximum Gasteiger partial charge on any atom is 0.308 e. The Morgan fingerprint density at radius 1 is 1.45 bits per heavy atom. The molecule has 0 radical (unpaired) electrons. The molecule has 0 saturated carbocycles. The van der Waals surface area contributed by atoms with Crippen LogP contribution >= 0.6 is 11.3 Å². The van der Waals surface area contributed by atoms with Crippen molar-refractivity contribution in [2.45, 2.75) is 27.2 Å². The van der Waals surface area contributed by atoms with Crippen molar-refractivity contribution in [3.63, 3.8) is 0 Å². The zero-order chi connectivity index (χ0) is 15.2. The molecule has 0 fully saturated rings. The lowest BCUT2D eigenvalue weighted by molar-refractivity contribution is -0.142. The molecule has 1 atom stereocenters. The van der Waals surface area contributed by atoms with Gasteiger partial charge in [-0.2, -0.15) is 0 Å². The summed E-state index contributed by atoms with van der Waals surface area (Å²) in [5, 5.41) is 13.7. The van der Waals surface area contributed by atoms with Crippen molar-refractivity contribution in [1.82, 2.24) is 5.32 Å². The number of aliphatic carboxylic acids is 1. The van der Waals surface area contributed by atoms with E-state index in [4.69, 9.17) is 5.11 Å². The Balaban J connectivity index is 2.47. The zero-order valence-electron chi connectivity index (χ0n) is 12.1. The molecule has 0 bridgehead atoms. The topological polar surface area (TPSA) is 66.4 Å². The molecule has 1 heterocycles. The van der Waals surface area contributed by atoms with Crippen LogP contribution in [0.2, 0.25) is 0 Å². The number of hydrogen-bond acceptors (Lipinski definition) is 3. The van der Waals surface area contributed by atoms with Gasteiger partial charge in [0.2, 0.25) is 5.91 Å². The molecule has 1 rings (SSSR count). The zero-order valence-corrected chi connectivity index (χ0v) is 12.9. The van der Waals surface area contributed by atoms with Crippen molar-refractivity contribution in [2.24, 2.45) is 11.3 Å². The van der Waals surface area contributed by atoms with Crippen LogP contribution in [-0.2, 0) is 9.59 Å². The first-order valence-corrected chi connectivity index (χ1v) is 7.38. The van der Waals surface area contributed by atoms with E-state index in [1.165, 1.54) is 6.08 Å². The van der Waals surface area contributed by atoms with Crippen LogP contribution < -0.4 is 5.32 Å². The van der Waals surface area contributed by atoms with E-state index < -0.39 is 11.9 Å². The van der Waals surface area contributed by atoms with Gasteiger partial charge in [-0.25, -0.2) is 0 Å². The molecule has 1 aromatic heterocycles. The lowest BCUT2D eigenvalue weighted by Crippen LogP contribution is -2.34. The SMILES string of the molecule is CC(C)(C)CC(CNC(=O)/C=C/c1cccs1)C(=O)O. The first-order chi connectivity index (χ1) is 9.28. The molecule has 0 saturated heterocycles. The Hall–Kier alpha value is -1.62. The highest BCUT2D eigenvalue weighted by Crippen LogP contribution is 2.24. The first-order valence-electron chi connectivity index (χ1n) is 6.50. The third kappa shape index (κ3) is 6.52. The number of nitrogens with one attached hydrogen (secondary N) is 1. The fraction of sp³-hybridized carbons (Fsp3) is 0.467. The molecule has 110 valence electrons. The van der Waals surface area contributed by atoms with E-state index in [1.54, 1.807) is 17.4 Å². The predicted octanol–water partition coefficient (Wildman–Crippen LogP) is 3.01. The van der Waals surface area contributed by atoms with Crippen molar-refractivity contribution >= 4 is 29.3 Å². The summed E-state index contributed by atoms with van der Waals surface area (Å²) in [6, 6.07) is 3.82. The van der Waals surface area contributed by atoms with Gasteiger partial charge in [0.15, 0.2) is 0 Å². The standard InChI is InChI=1S/C15H21NO3S/c1-15(2,3)9-11(14(18)19)10-16-13(17)7-6-12-5-4-8-20-12/h4-8,11H,9-10H2,1-3H3,(H,16,17)(H,18,19)/b7-6+. The highest BCUT2D eigenvalue weighted by molar-refractivity contribution is 7.10. The molecule has 2 N–H and O–H groups in total. The molecular formula is C15H21NO3S. The van der Waals surface area contributed by atoms with Crippen molar-refractivity contribution in [2.75, 3.05) is 6.54 Å². The van der Waals surface area contributed by atoms with Gasteiger partial charge in [-0.15, -0.1) is 11.3 Å². The molecule has 5 heteroatoms. The smallest absolute Gasteiger partial charge is 0.308 e. The average molecular weight is 295 g/mol. The number of carboxylic acids is 1. The van der Waals surface area contributed by atoms with E-state index in [-0.39, 0.29) is 17.9 Å². The van der Waals surface area contributed by atoms with Gasteiger partial charge in [0, 0.05) is 17.5 Å². The van der Waals surface area contributed by atoms with Crippen molar-refractivity contribution in [1.29, 1.82) is 0 Å². The highest BCUT2D eigenvalue weighted by atomic mass is 32.1. The van der Waals surface area contributed by atoms with Gasteiger partial charge < -0.3 is 10.4 Å². The highest BCUT2D eigenvalue weighted by Gasteiger charge is 2.24.